The first-order chi connectivity index (χ1) is 17.3. The van der Waals surface area contributed by atoms with Crippen LogP contribution in [0.1, 0.15) is 0 Å². The zero-order valence-corrected chi connectivity index (χ0v) is 19.0. The van der Waals surface area contributed by atoms with Crippen molar-refractivity contribution in [2.45, 2.75) is 0 Å². The maximum absolute atomic E-state index is 8.80. The van der Waals surface area contributed by atoms with Crippen molar-refractivity contribution >= 4 is 34.1 Å². The van der Waals surface area contributed by atoms with Gasteiger partial charge in [-0.1, -0.05) is 54.6 Å². The van der Waals surface area contributed by atoms with Crippen molar-refractivity contribution in [2.75, 3.05) is 9.80 Å². The van der Waals surface area contributed by atoms with E-state index in [1.54, 1.807) is 18.4 Å². The summed E-state index contributed by atoms with van der Waals surface area (Å²) >= 11 is 0. The third kappa shape index (κ3) is 4.85. The fourth-order valence-electron chi connectivity index (χ4n) is 4.09. The second-order valence-electron chi connectivity index (χ2n) is 7.88. The van der Waals surface area contributed by atoms with Gasteiger partial charge in [0, 0.05) is 34.1 Å². The van der Waals surface area contributed by atoms with E-state index in [0.29, 0.717) is 5.75 Å². The van der Waals surface area contributed by atoms with E-state index in [2.05, 4.69) is 94.7 Å². The third-order valence-corrected chi connectivity index (χ3v) is 5.67. The number of rotatable bonds is 7. The van der Waals surface area contributed by atoms with Crippen LogP contribution in [0.2, 0.25) is 0 Å². The lowest BCUT2D eigenvalue weighted by Crippen LogP contribution is -2.12. The summed E-state index contributed by atoms with van der Waals surface area (Å²) in [4.78, 5) is 4.42. The van der Waals surface area contributed by atoms with Gasteiger partial charge in [0.15, 0.2) is 0 Å². The predicted molar refractivity (Wildman–Crippen MR) is 142 cm³/mol. The first kappa shape index (κ1) is 21.8. The average Bonchev–Trinajstić information content (AvgIpc) is 2.93. The van der Waals surface area contributed by atoms with Crippen LogP contribution in [0.3, 0.4) is 0 Å². The number of nitriles is 1. The Hall–Kier alpha value is -5.01. The summed E-state index contributed by atoms with van der Waals surface area (Å²) in [7, 11) is 0. The summed E-state index contributed by atoms with van der Waals surface area (Å²) in [6.07, 6.45) is 1.72. The van der Waals surface area contributed by atoms with Gasteiger partial charge in [-0.05, 0) is 84.9 Å². The molecule has 0 saturated heterocycles. The van der Waals surface area contributed by atoms with E-state index in [-0.39, 0.29) is 0 Å². The van der Waals surface area contributed by atoms with Crippen LogP contribution in [0, 0.1) is 11.5 Å². The topological polar surface area (TPSA) is 39.5 Å². The SMILES string of the molecule is N#COc1ccc(N(c2ccccc2)c2ccc(N(c3ccccc3)c3ccccc3)cc2)cc1. The molecule has 0 bridgehead atoms. The number of hydrogen-bond donors (Lipinski definition) is 0. The number of nitrogens with zero attached hydrogens (tertiary/aromatic N) is 3. The molecule has 4 heteroatoms. The summed E-state index contributed by atoms with van der Waals surface area (Å²) in [6, 6.07) is 47.0. The molecule has 0 aliphatic rings. The first-order valence-corrected chi connectivity index (χ1v) is 11.3. The Kier molecular flexibility index (Phi) is 6.41. The molecule has 0 N–H and O–H groups in total. The summed E-state index contributed by atoms with van der Waals surface area (Å²) < 4.78 is 4.96. The summed E-state index contributed by atoms with van der Waals surface area (Å²) in [5.41, 5.74) is 6.29. The van der Waals surface area contributed by atoms with Crippen LogP contribution < -0.4 is 14.5 Å². The lowest BCUT2D eigenvalue weighted by molar-refractivity contribution is 0.507. The second-order valence-corrected chi connectivity index (χ2v) is 7.88. The van der Waals surface area contributed by atoms with E-state index in [4.69, 9.17) is 10.00 Å². The van der Waals surface area contributed by atoms with Gasteiger partial charge in [0.1, 0.15) is 5.75 Å². The highest BCUT2D eigenvalue weighted by Crippen LogP contribution is 2.39. The molecule has 4 nitrogen and oxygen atoms in total. The predicted octanol–water partition coefficient (Wildman–Crippen LogP) is 8.49. The molecule has 0 aromatic heterocycles. The van der Waals surface area contributed by atoms with Crippen LogP contribution in [0.25, 0.3) is 0 Å². The lowest BCUT2D eigenvalue weighted by atomic mass is 10.1. The zero-order chi connectivity index (χ0) is 23.9. The van der Waals surface area contributed by atoms with Gasteiger partial charge >= 0.3 is 0 Å². The molecular weight excluding hydrogens is 430 g/mol. The maximum atomic E-state index is 8.80. The van der Waals surface area contributed by atoms with Gasteiger partial charge in [0.05, 0.1) is 0 Å². The van der Waals surface area contributed by atoms with Crippen molar-refractivity contribution in [1.82, 2.24) is 0 Å². The molecule has 0 fully saturated rings. The van der Waals surface area contributed by atoms with Gasteiger partial charge < -0.3 is 14.5 Å². The van der Waals surface area contributed by atoms with E-state index < -0.39 is 0 Å². The monoisotopic (exact) mass is 453 g/mol. The van der Waals surface area contributed by atoms with E-state index >= 15 is 0 Å². The van der Waals surface area contributed by atoms with E-state index in [1.807, 2.05) is 42.5 Å². The van der Waals surface area contributed by atoms with Gasteiger partial charge in [-0.25, -0.2) is 0 Å². The Morgan fingerprint density at radius 2 is 0.686 bits per heavy atom. The Bertz CT molecular complexity index is 1360. The van der Waals surface area contributed by atoms with Crippen molar-refractivity contribution in [3.63, 3.8) is 0 Å². The normalized spacial score (nSPS) is 10.3. The van der Waals surface area contributed by atoms with Crippen LogP contribution >= 0.6 is 0 Å². The minimum atomic E-state index is 0.515. The highest BCUT2D eigenvalue weighted by molar-refractivity contribution is 5.81. The van der Waals surface area contributed by atoms with Gasteiger partial charge in [0.25, 0.3) is 6.26 Å². The molecular formula is C31H23N3O. The minimum Gasteiger partial charge on any atom is -0.388 e. The third-order valence-electron chi connectivity index (χ3n) is 5.67. The zero-order valence-electron chi connectivity index (χ0n) is 19.0. The average molecular weight is 454 g/mol. The molecule has 0 unspecified atom stereocenters. The van der Waals surface area contributed by atoms with Crippen LogP contribution in [0.5, 0.6) is 5.75 Å². The lowest BCUT2D eigenvalue weighted by Gasteiger charge is -2.28. The number of hydrogen-bond acceptors (Lipinski definition) is 4. The Morgan fingerprint density at radius 1 is 0.400 bits per heavy atom. The fourth-order valence-corrected chi connectivity index (χ4v) is 4.09. The molecule has 0 heterocycles. The quantitative estimate of drug-likeness (QED) is 0.232. The van der Waals surface area contributed by atoms with Crippen molar-refractivity contribution in [3.05, 3.63) is 140 Å². The van der Waals surface area contributed by atoms with Crippen molar-refractivity contribution < 1.29 is 4.74 Å². The second kappa shape index (κ2) is 10.3. The maximum Gasteiger partial charge on any atom is 0.292 e. The number of anilines is 6. The largest absolute Gasteiger partial charge is 0.388 e. The van der Waals surface area contributed by atoms with E-state index in [9.17, 15) is 0 Å². The first-order valence-electron chi connectivity index (χ1n) is 11.3. The molecule has 0 aliphatic carbocycles. The fraction of sp³-hybridized carbons (Fsp3) is 0. The van der Waals surface area contributed by atoms with Gasteiger partial charge in [-0.15, -0.1) is 5.26 Å². The van der Waals surface area contributed by atoms with Crippen molar-refractivity contribution in [2.24, 2.45) is 0 Å². The van der Waals surface area contributed by atoms with Crippen molar-refractivity contribution in [1.29, 1.82) is 5.26 Å². The number of ether oxygens (including phenoxy) is 1. The smallest absolute Gasteiger partial charge is 0.292 e. The minimum absolute atomic E-state index is 0.515. The highest BCUT2D eigenvalue weighted by atomic mass is 16.5. The van der Waals surface area contributed by atoms with Gasteiger partial charge in [-0.3, -0.25) is 0 Å². The Labute approximate surface area is 205 Å². The van der Waals surface area contributed by atoms with Gasteiger partial charge in [0.2, 0.25) is 0 Å². The van der Waals surface area contributed by atoms with Crippen LogP contribution in [0.4, 0.5) is 34.1 Å². The summed E-state index contributed by atoms with van der Waals surface area (Å²) in [5.74, 6) is 0.515. The highest BCUT2D eigenvalue weighted by Gasteiger charge is 2.15. The van der Waals surface area contributed by atoms with Crippen LogP contribution in [0.15, 0.2) is 140 Å². The molecule has 0 amide bonds. The number of benzene rings is 5. The van der Waals surface area contributed by atoms with E-state index in [0.717, 1.165) is 34.1 Å². The molecule has 0 atom stereocenters. The molecule has 5 rings (SSSR count). The molecule has 168 valence electrons. The molecule has 0 saturated carbocycles. The molecule has 0 aliphatic heterocycles. The summed E-state index contributed by atoms with van der Waals surface area (Å²) in [5, 5.41) is 8.80. The van der Waals surface area contributed by atoms with Crippen LogP contribution in [-0.2, 0) is 0 Å². The molecule has 0 spiro atoms. The van der Waals surface area contributed by atoms with Gasteiger partial charge in [-0.2, -0.15) is 0 Å². The molecule has 5 aromatic carbocycles. The Balaban J connectivity index is 1.55. The standard InChI is InChI=1S/C31H23N3O/c32-24-35-31-22-20-30(21-23-31)34(27-14-8-3-9-15-27)29-18-16-28(17-19-29)33(25-10-4-1-5-11-25)26-12-6-2-7-13-26/h1-23H. The molecule has 35 heavy (non-hydrogen) atoms. The molecule has 0 radical (unpaired) electrons. The Morgan fingerprint density at radius 3 is 1.00 bits per heavy atom. The van der Waals surface area contributed by atoms with Crippen LogP contribution in [-0.4, -0.2) is 0 Å². The molecule has 5 aromatic rings. The van der Waals surface area contributed by atoms with E-state index in [1.165, 1.54) is 0 Å². The van der Waals surface area contributed by atoms with Crippen molar-refractivity contribution in [3.8, 4) is 12.0 Å². The summed E-state index contributed by atoms with van der Waals surface area (Å²) in [6.45, 7) is 0. The number of para-hydroxylation sites is 3.